The summed E-state index contributed by atoms with van der Waals surface area (Å²) in [6.07, 6.45) is 0. The van der Waals surface area contributed by atoms with Crippen molar-refractivity contribution in [1.29, 1.82) is 0 Å². The van der Waals surface area contributed by atoms with Crippen LogP contribution in [0.15, 0.2) is 46.9 Å². The van der Waals surface area contributed by atoms with E-state index in [0.29, 0.717) is 15.8 Å². The molecule has 0 aliphatic heterocycles. The Morgan fingerprint density at radius 2 is 2.10 bits per heavy atom. The molecule has 2 rings (SSSR count). The number of benzene rings is 2. The molecule has 0 saturated heterocycles. The second-order valence-electron chi connectivity index (χ2n) is 4.04. The maximum Gasteiger partial charge on any atom is 0.265 e. The number of ether oxygens (including phenoxy) is 1. The fraction of sp³-hybridized carbons (Fsp3) is 0.0714. The molecule has 1 amide bonds. The molecule has 0 bridgehead atoms. The predicted molar refractivity (Wildman–Crippen MR) is 76.5 cm³/mol. The predicted octanol–water partition coefficient (Wildman–Crippen LogP) is 2.77. The average Bonchev–Trinajstić information content (AvgIpc) is 2.47. The van der Waals surface area contributed by atoms with Gasteiger partial charge in [-0.2, -0.15) is 0 Å². The smallest absolute Gasteiger partial charge is 0.265 e. The Kier molecular flexibility index (Phi) is 4.70. The van der Waals surface area contributed by atoms with E-state index < -0.39 is 0 Å². The van der Waals surface area contributed by atoms with Crippen molar-refractivity contribution in [2.45, 2.75) is 6.61 Å². The molecule has 4 nitrogen and oxygen atoms in total. The zero-order chi connectivity index (χ0) is 14.5. The van der Waals surface area contributed by atoms with Gasteiger partial charge in [0.25, 0.3) is 5.91 Å². The van der Waals surface area contributed by atoms with Crippen LogP contribution in [0.25, 0.3) is 0 Å². The number of hydrogen-bond donors (Lipinski definition) is 2. The summed E-state index contributed by atoms with van der Waals surface area (Å²) in [6.45, 7) is 0.216. The maximum absolute atomic E-state index is 13.1. The van der Waals surface area contributed by atoms with Crippen LogP contribution in [0.1, 0.15) is 15.9 Å². The van der Waals surface area contributed by atoms with Gasteiger partial charge in [-0.1, -0.05) is 12.1 Å². The zero-order valence-corrected chi connectivity index (χ0v) is 12.0. The Balaban J connectivity index is 2.11. The van der Waals surface area contributed by atoms with Crippen molar-refractivity contribution in [2.24, 2.45) is 5.84 Å². The Labute approximate surface area is 123 Å². The van der Waals surface area contributed by atoms with Crippen molar-refractivity contribution in [3.63, 3.8) is 0 Å². The molecule has 0 fully saturated rings. The number of nitrogens with two attached hydrogens (primary N) is 1. The first kappa shape index (κ1) is 14.5. The molecular weight excluding hydrogens is 327 g/mol. The molecule has 6 heteroatoms. The fourth-order valence-electron chi connectivity index (χ4n) is 1.63. The molecule has 0 aliphatic carbocycles. The maximum atomic E-state index is 13.1. The third kappa shape index (κ3) is 3.55. The van der Waals surface area contributed by atoms with Crippen LogP contribution in [0, 0.1) is 5.82 Å². The van der Waals surface area contributed by atoms with Crippen LogP contribution in [-0.2, 0) is 6.61 Å². The molecule has 0 radical (unpaired) electrons. The largest absolute Gasteiger partial charge is 0.488 e. The highest BCUT2D eigenvalue weighted by molar-refractivity contribution is 9.10. The van der Waals surface area contributed by atoms with Gasteiger partial charge >= 0.3 is 0 Å². The Morgan fingerprint density at radius 1 is 1.30 bits per heavy atom. The SMILES string of the molecule is NNC(=O)c1cccc(COc2cc(F)ccc2Br)c1. The van der Waals surface area contributed by atoms with Crippen LogP contribution in [0.2, 0.25) is 0 Å². The lowest BCUT2D eigenvalue weighted by Crippen LogP contribution is -2.30. The summed E-state index contributed by atoms with van der Waals surface area (Å²) in [7, 11) is 0. The van der Waals surface area contributed by atoms with Gasteiger partial charge in [0.15, 0.2) is 0 Å². The first-order valence-electron chi connectivity index (χ1n) is 5.78. The van der Waals surface area contributed by atoms with Gasteiger partial charge < -0.3 is 4.74 Å². The van der Waals surface area contributed by atoms with Crippen molar-refractivity contribution >= 4 is 21.8 Å². The van der Waals surface area contributed by atoms with Gasteiger partial charge in [-0.25, -0.2) is 10.2 Å². The van der Waals surface area contributed by atoms with Crippen molar-refractivity contribution in [2.75, 3.05) is 0 Å². The monoisotopic (exact) mass is 338 g/mol. The minimum absolute atomic E-state index is 0.216. The van der Waals surface area contributed by atoms with Gasteiger partial charge in [0.05, 0.1) is 4.47 Å². The van der Waals surface area contributed by atoms with Gasteiger partial charge in [-0.3, -0.25) is 10.2 Å². The van der Waals surface area contributed by atoms with Crippen LogP contribution in [0.4, 0.5) is 4.39 Å². The van der Waals surface area contributed by atoms with E-state index in [9.17, 15) is 9.18 Å². The van der Waals surface area contributed by atoms with E-state index in [4.69, 9.17) is 10.6 Å². The Morgan fingerprint density at radius 3 is 2.85 bits per heavy atom. The first-order valence-corrected chi connectivity index (χ1v) is 6.57. The molecule has 20 heavy (non-hydrogen) atoms. The second kappa shape index (κ2) is 6.49. The van der Waals surface area contributed by atoms with Crippen molar-refractivity contribution in [3.05, 3.63) is 63.9 Å². The average molecular weight is 339 g/mol. The van der Waals surface area contributed by atoms with Gasteiger partial charge in [0, 0.05) is 11.6 Å². The van der Waals surface area contributed by atoms with Gasteiger partial charge in [0.1, 0.15) is 18.2 Å². The lowest BCUT2D eigenvalue weighted by Gasteiger charge is -2.09. The van der Waals surface area contributed by atoms with Gasteiger partial charge in [-0.15, -0.1) is 0 Å². The summed E-state index contributed by atoms with van der Waals surface area (Å²) >= 11 is 3.28. The van der Waals surface area contributed by atoms with Gasteiger partial charge in [-0.05, 0) is 45.8 Å². The number of halogens is 2. The molecule has 104 valence electrons. The Bertz CT molecular complexity index is 634. The highest BCUT2D eigenvalue weighted by atomic mass is 79.9. The molecule has 3 N–H and O–H groups in total. The van der Waals surface area contributed by atoms with E-state index in [1.807, 2.05) is 0 Å². The molecule has 0 spiro atoms. The molecule has 0 aromatic heterocycles. The number of nitrogen functional groups attached to an aromatic ring is 1. The summed E-state index contributed by atoms with van der Waals surface area (Å²) in [5.41, 5.74) is 3.28. The van der Waals surface area contributed by atoms with Crippen molar-refractivity contribution in [1.82, 2.24) is 5.43 Å². The van der Waals surface area contributed by atoms with Crippen LogP contribution in [0.5, 0.6) is 5.75 Å². The summed E-state index contributed by atoms with van der Waals surface area (Å²) < 4.78 is 19.3. The molecule has 0 unspecified atom stereocenters. The van der Waals surface area contributed by atoms with E-state index in [2.05, 4.69) is 21.4 Å². The number of rotatable bonds is 4. The zero-order valence-electron chi connectivity index (χ0n) is 10.4. The standard InChI is InChI=1S/C14H12BrFN2O2/c15-12-5-4-11(16)7-13(12)20-8-9-2-1-3-10(6-9)14(19)18-17/h1-7H,8,17H2,(H,18,19). The van der Waals surface area contributed by atoms with E-state index >= 15 is 0 Å². The summed E-state index contributed by atoms with van der Waals surface area (Å²) in [5.74, 6) is 4.73. The van der Waals surface area contributed by atoms with E-state index in [-0.39, 0.29) is 18.3 Å². The molecule has 0 heterocycles. The number of nitrogens with one attached hydrogen (secondary N) is 1. The van der Waals surface area contributed by atoms with Crippen molar-refractivity contribution in [3.8, 4) is 5.75 Å². The van der Waals surface area contributed by atoms with Crippen LogP contribution in [-0.4, -0.2) is 5.91 Å². The highest BCUT2D eigenvalue weighted by Crippen LogP contribution is 2.26. The first-order chi connectivity index (χ1) is 9.60. The van der Waals surface area contributed by atoms with Gasteiger partial charge in [0.2, 0.25) is 0 Å². The second-order valence-corrected chi connectivity index (χ2v) is 4.89. The van der Waals surface area contributed by atoms with E-state index in [0.717, 1.165) is 5.56 Å². The number of carbonyl (C=O) groups excluding carboxylic acids is 1. The lowest BCUT2D eigenvalue weighted by molar-refractivity contribution is 0.0953. The molecular formula is C14H12BrFN2O2. The van der Waals surface area contributed by atoms with Crippen LogP contribution in [0.3, 0.4) is 0 Å². The molecule has 0 aliphatic rings. The minimum atomic E-state index is -0.376. The van der Waals surface area contributed by atoms with Crippen molar-refractivity contribution < 1.29 is 13.9 Å². The Hall–Kier alpha value is -1.92. The molecule has 0 saturated carbocycles. The molecule has 2 aromatic rings. The summed E-state index contributed by atoms with van der Waals surface area (Å²) in [6, 6.07) is 11.0. The molecule has 2 aromatic carbocycles. The lowest BCUT2D eigenvalue weighted by atomic mass is 10.1. The fourth-order valence-corrected chi connectivity index (χ4v) is 2.00. The summed E-state index contributed by atoms with van der Waals surface area (Å²) in [4.78, 5) is 11.4. The highest BCUT2D eigenvalue weighted by Gasteiger charge is 2.06. The number of amides is 1. The number of hydrazine groups is 1. The normalized spacial score (nSPS) is 10.2. The quantitative estimate of drug-likeness (QED) is 0.511. The third-order valence-electron chi connectivity index (χ3n) is 2.61. The number of hydrogen-bond acceptors (Lipinski definition) is 3. The topological polar surface area (TPSA) is 64.3 Å². The minimum Gasteiger partial charge on any atom is -0.488 e. The van der Waals surface area contributed by atoms with Crippen LogP contribution >= 0.6 is 15.9 Å². The number of carbonyl (C=O) groups is 1. The third-order valence-corrected chi connectivity index (χ3v) is 3.26. The van der Waals surface area contributed by atoms with E-state index in [1.165, 1.54) is 12.1 Å². The van der Waals surface area contributed by atoms with E-state index in [1.54, 1.807) is 30.3 Å². The summed E-state index contributed by atoms with van der Waals surface area (Å²) in [5, 5.41) is 0. The molecule has 0 atom stereocenters. The van der Waals surface area contributed by atoms with Crippen LogP contribution < -0.4 is 16.0 Å².